The zero-order valence-electron chi connectivity index (χ0n) is 11.6. The van der Waals surface area contributed by atoms with Crippen molar-refractivity contribution < 1.29 is 57.1 Å². The Bertz CT molecular complexity index is 479. The van der Waals surface area contributed by atoms with Crippen LogP contribution in [0.25, 0.3) is 0 Å². The molecule has 0 aliphatic rings. The van der Waals surface area contributed by atoms with Gasteiger partial charge in [-0.05, 0) is 6.55 Å². The first-order valence-electron chi connectivity index (χ1n) is 5.79. The second-order valence-corrected chi connectivity index (χ2v) is 12.5. The lowest BCUT2D eigenvalue weighted by atomic mass is 9.95. The van der Waals surface area contributed by atoms with Crippen molar-refractivity contribution in [3.05, 3.63) is 0 Å². The molecule has 152 valence electrons. The van der Waals surface area contributed by atoms with Crippen molar-refractivity contribution in [2.24, 2.45) is 0 Å². The van der Waals surface area contributed by atoms with Gasteiger partial charge >= 0.3 is 42.1 Å². The van der Waals surface area contributed by atoms with E-state index in [0.29, 0.717) is 0 Å². The third-order valence-corrected chi connectivity index (χ3v) is 5.76. The number of alkyl halides is 13. The molecule has 0 nitrogen and oxygen atoms in total. The molecule has 0 radical (unpaired) electrons. The van der Waals surface area contributed by atoms with Crippen LogP contribution in [0.15, 0.2) is 0 Å². The first-order valence-corrected chi connectivity index (χ1v) is 10.3. The number of hydrogen-bond acceptors (Lipinski definition) is 0. The highest BCUT2D eigenvalue weighted by atomic mass is 35.7. The van der Waals surface area contributed by atoms with Gasteiger partial charge in [0.15, 0.2) is 0 Å². The molecule has 0 rings (SSSR count). The second-order valence-electron chi connectivity index (χ2n) is 5.01. The molecule has 0 bridgehead atoms. The van der Waals surface area contributed by atoms with Crippen molar-refractivity contribution in [3.8, 4) is 0 Å². The molecular weight excluding hydrogens is 454 g/mol. The summed E-state index contributed by atoms with van der Waals surface area (Å²) in [6.07, 6.45) is -11.3. The van der Waals surface area contributed by atoms with Gasteiger partial charge in [-0.2, -0.15) is 48.3 Å². The summed E-state index contributed by atoms with van der Waals surface area (Å²) in [6, 6.07) is 0. The second kappa shape index (κ2) is 6.50. The molecule has 0 aliphatic carbocycles. The standard InChI is InChI=1S/C9H7Cl2F13Si/c1-25(10,11)9(23,24)8(21,22)7(19,20)6(17,18)4(12,13)2-3-5(14,15)16/h2-3H2,1H3. The van der Waals surface area contributed by atoms with Crippen LogP contribution in [0.4, 0.5) is 57.1 Å². The Kier molecular flexibility index (Phi) is 6.47. The first-order chi connectivity index (χ1) is 10.5. The van der Waals surface area contributed by atoms with E-state index in [0.717, 1.165) is 0 Å². The van der Waals surface area contributed by atoms with E-state index in [4.69, 9.17) is 0 Å². The van der Waals surface area contributed by atoms with Gasteiger partial charge in [0.2, 0.25) is 0 Å². The van der Waals surface area contributed by atoms with Crippen molar-refractivity contribution in [2.75, 3.05) is 0 Å². The molecular formula is C9H7Cl2F13Si. The molecule has 0 N–H and O–H groups in total. The van der Waals surface area contributed by atoms with Gasteiger partial charge in [-0.1, -0.05) is 0 Å². The summed E-state index contributed by atoms with van der Waals surface area (Å²) < 4.78 is 168. The van der Waals surface area contributed by atoms with Crippen LogP contribution in [0.5, 0.6) is 0 Å². The van der Waals surface area contributed by atoms with E-state index in [1.165, 1.54) is 0 Å². The lowest BCUT2D eigenvalue weighted by Crippen LogP contribution is -2.71. The molecule has 0 aromatic rings. The molecule has 0 saturated heterocycles. The normalized spacial score (nSPS) is 16.3. The van der Waals surface area contributed by atoms with E-state index in [9.17, 15) is 57.1 Å². The Morgan fingerprint density at radius 2 is 0.960 bits per heavy atom. The highest BCUT2D eigenvalue weighted by Crippen LogP contribution is 2.60. The molecule has 16 heteroatoms. The van der Waals surface area contributed by atoms with Crippen molar-refractivity contribution in [1.82, 2.24) is 0 Å². The number of hydrogen-bond donors (Lipinski definition) is 0. The maximum absolute atomic E-state index is 13.3. The van der Waals surface area contributed by atoms with Crippen LogP contribution >= 0.6 is 22.2 Å². The van der Waals surface area contributed by atoms with Crippen LogP contribution in [0, 0.1) is 0 Å². The number of rotatable bonds is 7. The zero-order valence-corrected chi connectivity index (χ0v) is 14.1. The van der Waals surface area contributed by atoms with Crippen molar-refractivity contribution in [2.45, 2.75) is 54.8 Å². The summed E-state index contributed by atoms with van der Waals surface area (Å²) in [5, 5.41) is 0. The van der Waals surface area contributed by atoms with Gasteiger partial charge in [-0.3, -0.25) is 0 Å². The molecule has 25 heavy (non-hydrogen) atoms. The van der Waals surface area contributed by atoms with E-state index in [1.54, 1.807) is 0 Å². The largest absolute Gasteiger partial charge is 0.389 e. The lowest BCUT2D eigenvalue weighted by Gasteiger charge is -2.41. The summed E-state index contributed by atoms with van der Waals surface area (Å²) in [6.45, 7) is -5.76. The minimum absolute atomic E-state index is 0.0694. The summed E-state index contributed by atoms with van der Waals surface area (Å²) in [7, 11) is 0. The summed E-state index contributed by atoms with van der Waals surface area (Å²) in [5.74, 6) is -28.3. The molecule has 0 heterocycles. The Hall–Kier alpha value is -0.113. The quantitative estimate of drug-likeness (QED) is 0.228. The van der Waals surface area contributed by atoms with Crippen LogP contribution in [0.1, 0.15) is 12.8 Å². The van der Waals surface area contributed by atoms with Gasteiger partial charge < -0.3 is 0 Å². The van der Waals surface area contributed by atoms with Gasteiger partial charge in [-0.25, -0.2) is 8.78 Å². The lowest BCUT2D eigenvalue weighted by molar-refractivity contribution is -0.392. The third kappa shape index (κ3) is 4.25. The van der Waals surface area contributed by atoms with Crippen LogP contribution in [0.2, 0.25) is 6.55 Å². The fourth-order valence-electron chi connectivity index (χ4n) is 1.36. The predicted molar refractivity (Wildman–Crippen MR) is 63.3 cm³/mol. The molecule has 0 atom stereocenters. The van der Waals surface area contributed by atoms with E-state index in [1.807, 2.05) is 0 Å². The fraction of sp³-hybridized carbons (Fsp3) is 1.00. The average molecular weight is 461 g/mol. The molecule has 0 spiro atoms. The van der Waals surface area contributed by atoms with Crippen LogP contribution in [-0.4, -0.2) is 42.1 Å². The third-order valence-electron chi connectivity index (χ3n) is 2.92. The smallest absolute Gasteiger partial charge is 0.201 e. The van der Waals surface area contributed by atoms with Crippen molar-refractivity contribution >= 4 is 28.9 Å². The van der Waals surface area contributed by atoms with E-state index < -0.39 is 54.9 Å². The molecule has 0 amide bonds. The van der Waals surface area contributed by atoms with E-state index >= 15 is 0 Å². The van der Waals surface area contributed by atoms with Gasteiger partial charge in [0.25, 0.3) is 0 Å². The van der Waals surface area contributed by atoms with Gasteiger partial charge in [-0.15, -0.1) is 22.2 Å². The topological polar surface area (TPSA) is 0 Å². The maximum Gasteiger partial charge on any atom is 0.389 e. The maximum atomic E-state index is 13.3. The van der Waals surface area contributed by atoms with Crippen LogP contribution < -0.4 is 0 Å². The Labute approximate surface area is 141 Å². The minimum atomic E-state index is -7.48. The monoisotopic (exact) mass is 460 g/mol. The highest BCUT2D eigenvalue weighted by Gasteiger charge is 2.88. The van der Waals surface area contributed by atoms with E-state index in [2.05, 4.69) is 22.2 Å². The average Bonchev–Trinajstić information content (AvgIpc) is 2.33. The van der Waals surface area contributed by atoms with Crippen LogP contribution in [0.3, 0.4) is 0 Å². The van der Waals surface area contributed by atoms with E-state index in [-0.39, 0.29) is 6.55 Å². The minimum Gasteiger partial charge on any atom is -0.201 e. The van der Waals surface area contributed by atoms with Crippen LogP contribution in [-0.2, 0) is 0 Å². The Balaban J connectivity index is 6.03. The Morgan fingerprint density at radius 3 is 1.24 bits per heavy atom. The zero-order chi connectivity index (χ0) is 20.9. The summed E-state index contributed by atoms with van der Waals surface area (Å²) in [5.41, 5.74) is -6.23. The van der Waals surface area contributed by atoms with Crippen molar-refractivity contribution in [3.63, 3.8) is 0 Å². The SMILES string of the molecule is C[Si](Cl)(Cl)C(F)(F)C(F)(F)C(F)(F)C(F)(F)C(F)(F)CCC(F)(F)F. The summed E-state index contributed by atoms with van der Waals surface area (Å²) in [4.78, 5) is 0. The highest BCUT2D eigenvalue weighted by molar-refractivity contribution is 7.46. The fourth-order valence-corrected chi connectivity index (χ4v) is 2.78. The molecule has 0 aliphatic heterocycles. The molecule has 0 unspecified atom stereocenters. The Morgan fingerprint density at radius 1 is 0.600 bits per heavy atom. The summed E-state index contributed by atoms with van der Waals surface area (Å²) >= 11 is 9.32. The van der Waals surface area contributed by atoms with Gasteiger partial charge in [0.1, 0.15) is 0 Å². The molecule has 0 aromatic carbocycles. The molecule has 0 fully saturated rings. The molecule has 0 aromatic heterocycles. The predicted octanol–water partition coefficient (Wildman–Crippen LogP) is 6.59. The first kappa shape index (κ1) is 24.9. The van der Waals surface area contributed by atoms with Gasteiger partial charge in [0.05, 0.1) is 0 Å². The number of halogens is 15. The van der Waals surface area contributed by atoms with Crippen molar-refractivity contribution in [1.29, 1.82) is 0 Å². The van der Waals surface area contributed by atoms with Gasteiger partial charge in [0, 0.05) is 12.8 Å². The molecule has 0 saturated carbocycles.